The molecule has 28 heavy (non-hydrogen) atoms. The molecular formula is C21H46O4Si3. The van der Waals surface area contributed by atoms with Crippen LogP contribution in [0.15, 0.2) is 0 Å². The van der Waals surface area contributed by atoms with Crippen LogP contribution in [0.3, 0.4) is 0 Å². The van der Waals surface area contributed by atoms with Gasteiger partial charge in [0.1, 0.15) is 5.78 Å². The Morgan fingerprint density at radius 2 is 1.43 bits per heavy atom. The molecule has 1 fully saturated rings. The van der Waals surface area contributed by atoms with E-state index in [4.69, 9.17) is 8.85 Å². The molecule has 0 aliphatic heterocycles. The van der Waals surface area contributed by atoms with Gasteiger partial charge in [-0.15, -0.1) is 0 Å². The molecule has 0 saturated heterocycles. The van der Waals surface area contributed by atoms with E-state index in [0.717, 1.165) is 6.42 Å². The molecule has 0 aromatic carbocycles. The minimum absolute atomic E-state index is 0.0610. The zero-order valence-corrected chi connectivity index (χ0v) is 23.5. The van der Waals surface area contributed by atoms with E-state index in [1.54, 1.807) is 0 Å². The maximum atomic E-state index is 12.7. The summed E-state index contributed by atoms with van der Waals surface area (Å²) in [4.78, 5) is 23.5. The van der Waals surface area contributed by atoms with Crippen molar-refractivity contribution in [3.8, 4) is 0 Å². The summed E-state index contributed by atoms with van der Waals surface area (Å²) in [5.41, 5.74) is 0. The Bertz CT molecular complexity index is 513. The highest BCUT2D eigenvalue weighted by Crippen LogP contribution is 2.47. The van der Waals surface area contributed by atoms with Gasteiger partial charge in [-0.1, -0.05) is 34.6 Å². The Balaban J connectivity index is 3.25. The lowest BCUT2D eigenvalue weighted by molar-refractivity contribution is -0.131. The lowest BCUT2D eigenvalue weighted by Crippen LogP contribution is -2.55. The van der Waals surface area contributed by atoms with Gasteiger partial charge in [-0.25, -0.2) is 0 Å². The van der Waals surface area contributed by atoms with Gasteiger partial charge in [0.25, 0.3) is 0 Å². The molecule has 1 aliphatic carbocycles. The smallest absolute Gasteiger partial charge is 0.192 e. The summed E-state index contributed by atoms with van der Waals surface area (Å²) in [5.74, 6) is 0.383. The fourth-order valence-corrected chi connectivity index (χ4v) is 6.72. The molecule has 1 aliphatic rings. The van der Waals surface area contributed by atoms with Crippen LogP contribution in [0.2, 0.25) is 55.9 Å². The van der Waals surface area contributed by atoms with E-state index >= 15 is 0 Å². The van der Waals surface area contributed by atoms with Gasteiger partial charge >= 0.3 is 0 Å². The third kappa shape index (κ3) is 6.87. The predicted molar refractivity (Wildman–Crippen MR) is 126 cm³/mol. The van der Waals surface area contributed by atoms with Crippen molar-refractivity contribution in [1.29, 1.82) is 0 Å². The summed E-state index contributed by atoms with van der Waals surface area (Å²) in [7, 11) is -6.21. The summed E-state index contributed by atoms with van der Waals surface area (Å²) in [6.07, 6.45) is 1.58. The second-order valence-electron chi connectivity index (χ2n) is 12.5. The van der Waals surface area contributed by atoms with Crippen molar-refractivity contribution in [2.75, 3.05) is 0 Å². The average molecular weight is 447 g/mol. The van der Waals surface area contributed by atoms with Crippen LogP contribution in [-0.4, -0.2) is 47.7 Å². The first kappa shape index (κ1) is 26.2. The first-order valence-electron chi connectivity index (χ1n) is 10.8. The first-order valence-corrected chi connectivity index (χ1v) is 20.0. The minimum atomic E-state index is -2.37. The maximum absolute atomic E-state index is 12.7. The Morgan fingerprint density at radius 1 is 0.929 bits per heavy atom. The number of carbonyl (C=O) groups excluding carboxylic acids is 1. The van der Waals surface area contributed by atoms with Crippen LogP contribution in [0.25, 0.3) is 0 Å². The van der Waals surface area contributed by atoms with E-state index in [0.29, 0.717) is 12.8 Å². The van der Waals surface area contributed by atoms with Crippen LogP contribution < -0.4 is 0 Å². The van der Waals surface area contributed by atoms with Gasteiger partial charge in [0.2, 0.25) is 0 Å². The number of hydrogen-bond donors (Lipinski definition) is 1. The summed E-state index contributed by atoms with van der Waals surface area (Å²) in [6.45, 7) is 26.1. The molecule has 1 unspecified atom stereocenters. The van der Waals surface area contributed by atoms with Crippen LogP contribution in [-0.2, 0) is 13.6 Å². The second-order valence-corrected chi connectivity index (χ2v) is 26.2. The lowest BCUT2D eigenvalue weighted by atomic mass is 9.79. The number of hydrogen-bond acceptors (Lipinski definition) is 4. The van der Waals surface area contributed by atoms with Crippen LogP contribution in [0.1, 0.15) is 53.9 Å². The predicted octanol–water partition coefficient (Wildman–Crippen LogP) is 5.94. The van der Waals surface area contributed by atoms with E-state index in [-0.39, 0.29) is 34.0 Å². The molecule has 166 valence electrons. The van der Waals surface area contributed by atoms with E-state index in [9.17, 15) is 9.59 Å². The standard InChI is InChI=1S/C21H46O4Si3/c1-20(2,3)28(11,12)24-18-14-17(22)13-16(19(18)25-26(6,7)8)15-21(4,5)27(9,10)23/h16,18-19,23H,13-15H2,1-12H3/t16-,18+,19?/m0/s1. The van der Waals surface area contributed by atoms with Crippen molar-refractivity contribution >= 4 is 30.7 Å². The zero-order chi connectivity index (χ0) is 22.3. The van der Waals surface area contributed by atoms with Crippen molar-refractivity contribution in [2.45, 2.75) is 122 Å². The highest BCUT2D eigenvalue weighted by molar-refractivity contribution is 6.74. The molecule has 0 aromatic rings. The SMILES string of the molecule is CC(C)(C[C@@H]1CC(=O)C[C@@H](O[Si](C)(C)C(C)(C)C)C1O[Si](C)(C)C)[Si](C)(C)O. The Morgan fingerprint density at radius 3 is 1.82 bits per heavy atom. The van der Waals surface area contributed by atoms with Gasteiger partial charge in [0, 0.05) is 12.8 Å². The van der Waals surface area contributed by atoms with Gasteiger partial charge in [-0.05, 0) is 68.2 Å². The number of Topliss-reactive ketones (excluding diaryl/α,β-unsaturated/α-hetero) is 1. The third-order valence-corrected chi connectivity index (χ3v) is 15.9. The largest absolute Gasteiger partial charge is 0.432 e. The molecule has 1 rings (SSSR count). The van der Waals surface area contributed by atoms with Crippen LogP contribution in [0, 0.1) is 5.92 Å². The van der Waals surface area contributed by atoms with Gasteiger partial charge in [-0.3, -0.25) is 4.79 Å². The molecule has 0 radical (unpaired) electrons. The summed E-state index contributed by atoms with van der Waals surface area (Å²) < 4.78 is 13.5. The van der Waals surface area contributed by atoms with Crippen molar-refractivity contribution < 1.29 is 18.4 Å². The lowest BCUT2D eigenvalue weighted by Gasteiger charge is -2.48. The molecule has 0 amide bonds. The first-order chi connectivity index (χ1) is 12.2. The van der Waals surface area contributed by atoms with Crippen molar-refractivity contribution in [1.82, 2.24) is 0 Å². The highest BCUT2D eigenvalue weighted by Gasteiger charge is 2.49. The van der Waals surface area contributed by atoms with Gasteiger partial charge in [-0.2, -0.15) is 0 Å². The second kappa shape index (κ2) is 8.38. The fraction of sp³-hybridized carbons (Fsp3) is 0.952. The molecule has 0 heterocycles. The van der Waals surface area contributed by atoms with Gasteiger partial charge < -0.3 is 13.6 Å². The molecule has 1 N–H and O–H groups in total. The summed E-state index contributed by atoms with van der Waals surface area (Å²) in [6, 6.07) is 0. The molecule has 3 atom stereocenters. The summed E-state index contributed by atoms with van der Waals surface area (Å²) >= 11 is 0. The van der Waals surface area contributed by atoms with E-state index < -0.39 is 25.0 Å². The van der Waals surface area contributed by atoms with Crippen LogP contribution in [0.5, 0.6) is 0 Å². The molecule has 7 heteroatoms. The third-order valence-electron chi connectivity index (χ3n) is 6.92. The maximum Gasteiger partial charge on any atom is 0.192 e. The number of rotatable bonds is 7. The van der Waals surface area contributed by atoms with Gasteiger partial charge in [0.15, 0.2) is 25.0 Å². The normalized spacial score (nSPS) is 25.9. The van der Waals surface area contributed by atoms with Gasteiger partial charge in [0.05, 0.1) is 12.2 Å². The Labute approximate surface area is 177 Å². The Hall–Kier alpha value is 0.201. The quantitative estimate of drug-likeness (QED) is 0.491. The minimum Gasteiger partial charge on any atom is -0.432 e. The van der Waals surface area contributed by atoms with Crippen molar-refractivity contribution in [3.05, 3.63) is 0 Å². The van der Waals surface area contributed by atoms with E-state index in [1.807, 2.05) is 13.1 Å². The zero-order valence-electron chi connectivity index (χ0n) is 20.5. The highest BCUT2D eigenvalue weighted by atomic mass is 28.4. The van der Waals surface area contributed by atoms with Crippen LogP contribution >= 0.6 is 0 Å². The number of carbonyl (C=O) groups is 1. The van der Waals surface area contributed by atoms with E-state index in [2.05, 4.69) is 67.4 Å². The topological polar surface area (TPSA) is 55.8 Å². The van der Waals surface area contributed by atoms with E-state index in [1.165, 1.54) is 0 Å². The summed E-state index contributed by atoms with van der Waals surface area (Å²) in [5, 5.41) is -0.0934. The monoisotopic (exact) mass is 446 g/mol. The number of ketones is 1. The average Bonchev–Trinajstić information content (AvgIpc) is 2.38. The Kier molecular flexibility index (Phi) is 7.85. The van der Waals surface area contributed by atoms with Crippen molar-refractivity contribution in [2.24, 2.45) is 5.92 Å². The van der Waals surface area contributed by atoms with Crippen molar-refractivity contribution in [3.63, 3.8) is 0 Å². The molecule has 1 saturated carbocycles. The molecular weight excluding hydrogens is 400 g/mol. The molecule has 0 bridgehead atoms. The molecule has 0 spiro atoms. The molecule has 0 aromatic heterocycles. The fourth-order valence-electron chi connectivity index (χ4n) is 3.47. The van der Waals surface area contributed by atoms with Crippen LogP contribution in [0.4, 0.5) is 0 Å². The molecule has 4 nitrogen and oxygen atoms in total.